The summed E-state index contributed by atoms with van der Waals surface area (Å²) in [4.78, 5) is 0. The van der Waals surface area contributed by atoms with Crippen LogP contribution in [0.1, 0.15) is 19.3 Å². The first-order chi connectivity index (χ1) is 8.08. The fourth-order valence-electron chi connectivity index (χ4n) is 1.81. The molecule has 0 bridgehead atoms. The number of anilines is 1. The van der Waals surface area contributed by atoms with Crippen LogP contribution >= 0.6 is 11.3 Å². The van der Waals surface area contributed by atoms with E-state index < -0.39 is 10.0 Å². The number of nitrogens with one attached hydrogen (secondary N) is 1. The van der Waals surface area contributed by atoms with Gasteiger partial charge in [-0.1, -0.05) is 12.2 Å². The summed E-state index contributed by atoms with van der Waals surface area (Å²) in [7, 11) is -3.37. The topological polar surface area (TPSA) is 72.2 Å². The van der Waals surface area contributed by atoms with Gasteiger partial charge in [-0.05, 0) is 31.2 Å². The Kier molecular flexibility index (Phi) is 3.86. The van der Waals surface area contributed by atoms with Gasteiger partial charge in [-0.2, -0.15) is 0 Å². The predicted octanol–water partition coefficient (Wildman–Crippen LogP) is 1.96. The Hall–Kier alpha value is -0.850. The second-order valence-electron chi connectivity index (χ2n) is 4.20. The van der Waals surface area contributed by atoms with Crippen LogP contribution in [0.25, 0.3) is 0 Å². The Labute approximate surface area is 106 Å². The number of nitrogens with two attached hydrogens (primary N) is 1. The van der Waals surface area contributed by atoms with Gasteiger partial charge in [-0.3, -0.25) is 0 Å². The molecule has 1 aromatic rings. The van der Waals surface area contributed by atoms with Gasteiger partial charge in [0.15, 0.2) is 0 Å². The van der Waals surface area contributed by atoms with Crippen molar-refractivity contribution in [1.29, 1.82) is 0 Å². The van der Waals surface area contributed by atoms with Gasteiger partial charge in [-0.15, -0.1) is 11.3 Å². The van der Waals surface area contributed by atoms with Gasteiger partial charge in [0.05, 0.1) is 0 Å². The monoisotopic (exact) mass is 272 g/mol. The van der Waals surface area contributed by atoms with Crippen molar-refractivity contribution in [3.63, 3.8) is 0 Å². The molecule has 1 aliphatic rings. The lowest BCUT2D eigenvalue weighted by Gasteiger charge is -2.17. The molecule has 0 spiro atoms. The van der Waals surface area contributed by atoms with Gasteiger partial charge in [0.1, 0.15) is 4.21 Å². The van der Waals surface area contributed by atoms with Crippen molar-refractivity contribution < 1.29 is 8.42 Å². The zero-order valence-electron chi connectivity index (χ0n) is 9.43. The van der Waals surface area contributed by atoms with Crippen LogP contribution in [0.4, 0.5) is 5.69 Å². The van der Waals surface area contributed by atoms with E-state index in [2.05, 4.69) is 16.9 Å². The van der Waals surface area contributed by atoms with Crippen molar-refractivity contribution in [1.82, 2.24) is 4.72 Å². The average molecular weight is 272 g/mol. The van der Waals surface area contributed by atoms with Gasteiger partial charge in [0, 0.05) is 17.6 Å². The first-order valence-corrected chi connectivity index (χ1v) is 7.93. The molecule has 4 nitrogen and oxygen atoms in total. The summed E-state index contributed by atoms with van der Waals surface area (Å²) in [6.45, 7) is 0.504. The third-order valence-corrected chi connectivity index (χ3v) is 5.68. The van der Waals surface area contributed by atoms with Crippen LogP contribution in [0.2, 0.25) is 0 Å². The Morgan fingerprint density at radius 3 is 2.88 bits per heavy atom. The number of hydrogen-bond acceptors (Lipinski definition) is 4. The molecule has 3 N–H and O–H groups in total. The number of rotatable bonds is 4. The van der Waals surface area contributed by atoms with E-state index >= 15 is 0 Å². The van der Waals surface area contributed by atoms with Crippen LogP contribution in [0.3, 0.4) is 0 Å². The van der Waals surface area contributed by atoms with Crippen molar-refractivity contribution in [2.24, 2.45) is 5.92 Å². The first-order valence-electron chi connectivity index (χ1n) is 5.56. The lowest BCUT2D eigenvalue weighted by atomic mass is 9.95. The highest BCUT2D eigenvalue weighted by Crippen LogP contribution is 2.22. The smallest absolute Gasteiger partial charge is 0.250 e. The zero-order chi connectivity index (χ0) is 12.3. The maximum Gasteiger partial charge on any atom is 0.250 e. The molecule has 2 rings (SSSR count). The zero-order valence-corrected chi connectivity index (χ0v) is 11.1. The van der Waals surface area contributed by atoms with Crippen LogP contribution in [0, 0.1) is 5.92 Å². The molecule has 1 unspecified atom stereocenters. The van der Waals surface area contributed by atoms with Crippen molar-refractivity contribution in [2.45, 2.75) is 23.5 Å². The molecule has 94 valence electrons. The van der Waals surface area contributed by atoms with E-state index in [4.69, 9.17) is 5.73 Å². The number of thiophene rings is 1. The van der Waals surface area contributed by atoms with Crippen LogP contribution in [0.5, 0.6) is 0 Å². The molecule has 1 aliphatic carbocycles. The van der Waals surface area contributed by atoms with Crippen LogP contribution < -0.4 is 10.5 Å². The van der Waals surface area contributed by atoms with Crippen LogP contribution in [0.15, 0.2) is 27.8 Å². The summed E-state index contributed by atoms with van der Waals surface area (Å²) >= 11 is 1.15. The standard InChI is InChI=1S/C11H16N2O2S2/c12-10-6-11(16-8-10)17(14,15)13-7-9-4-2-1-3-5-9/h1-2,6,8-9,13H,3-5,7,12H2. The van der Waals surface area contributed by atoms with Crippen molar-refractivity contribution in [3.05, 3.63) is 23.6 Å². The van der Waals surface area contributed by atoms with E-state index in [-0.39, 0.29) is 0 Å². The highest BCUT2D eigenvalue weighted by atomic mass is 32.2. The average Bonchev–Trinajstić information content (AvgIpc) is 2.76. The molecule has 1 heterocycles. The Balaban J connectivity index is 1.96. The van der Waals surface area contributed by atoms with E-state index in [0.29, 0.717) is 22.4 Å². The molecule has 6 heteroatoms. The van der Waals surface area contributed by atoms with E-state index in [1.165, 1.54) is 6.07 Å². The number of hydrogen-bond donors (Lipinski definition) is 2. The molecule has 0 aliphatic heterocycles. The normalized spacial score (nSPS) is 20.6. The minimum absolute atomic E-state index is 0.293. The predicted molar refractivity (Wildman–Crippen MR) is 70.4 cm³/mol. The minimum atomic E-state index is -3.37. The van der Waals surface area contributed by atoms with E-state index in [1.54, 1.807) is 5.38 Å². The SMILES string of the molecule is Nc1csc(S(=O)(=O)NCC2CC=CCC2)c1. The molecule has 0 amide bonds. The molecule has 0 saturated carbocycles. The van der Waals surface area contributed by atoms with E-state index in [9.17, 15) is 8.42 Å². The van der Waals surface area contributed by atoms with Crippen molar-refractivity contribution in [2.75, 3.05) is 12.3 Å². The first kappa shape index (κ1) is 12.6. The second-order valence-corrected chi connectivity index (χ2v) is 7.11. The molecule has 17 heavy (non-hydrogen) atoms. The summed E-state index contributed by atoms with van der Waals surface area (Å²) in [5.41, 5.74) is 6.02. The summed E-state index contributed by atoms with van der Waals surface area (Å²) < 4.78 is 26.8. The van der Waals surface area contributed by atoms with Crippen molar-refractivity contribution in [3.8, 4) is 0 Å². The van der Waals surface area contributed by atoms with Crippen LogP contribution in [-0.4, -0.2) is 15.0 Å². The van der Waals surface area contributed by atoms with E-state index in [0.717, 1.165) is 30.6 Å². The van der Waals surface area contributed by atoms with Gasteiger partial charge in [0.25, 0.3) is 0 Å². The largest absolute Gasteiger partial charge is 0.398 e. The number of sulfonamides is 1. The van der Waals surface area contributed by atoms with Gasteiger partial charge in [0.2, 0.25) is 10.0 Å². The summed E-state index contributed by atoms with van der Waals surface area (Å²) in [5, 5.41) is 1.64. The molecular formula is C11H16N2O2S2. The fourth-order valence-corrected chi connectivity index (χ4v) is 4.05. The molecular weight excluding hydrogens is 256 g/mol. The Morgan fingerprint density at radius 2 is 2.29 bits per heavy atom. The highest BCUT2D eigenvalue weighted by molar-refractivity contribution is 7.91. The van der Waals surface area contributed by atoms with Gasteiger partial charge < -0.3 is 5.73 Å². The number of allylic oxidation sites excluding steroid dienone is 2. The maximum atomic E-state index is 11.9. The lowest BCUT2D eigenvalue weighted by molar-refractivity contribution is 0.468. The second kappa shape index (κ2) is 5.20. The van der Waals surface area contributed by atoms with Crippen molar-refractivity contribution >= 4 is 27.0 Å². The number of nitrogen functional groups attached to an aromatic ring is 1. The molecule has 1 aromatic heterocycles. The van der Waals surface area contributed by atoms with E-state index in [1.807, 2.05) is 0 Å². The third kappa shape index (κ3) is 3.31. The molecule has 0 saturated heterocycles. The Bertz CT molecular complexity index is 505. The highest BCUT2D eigenvalue weighted by Gasteiger charge is 2.18. The molecule has 0 fully saturated rings. The van der Waals surface area contributed by atoms with Crippen LogP contribution in [-0.2, 0) is 10.0 Å². The molecule has 0 aromatic carbocycles. The van der Waals surface area contributed by atoms with Gasteiger partial charge >= 0.3 is 0 Å². The Morgan fingerprint density at radius 1 is 1.47 bits per heavy atom. The molecule has 0 radical (unpaired) electrons. The lowest BCUT2D eigenvalue weighted by Crippen LogP contribution is -2.29. The summed E-state index contributed by atoms with van der Waals surface area (Å²) in [5.74, 6) is 0.409. The van der Waals surface area contributed by atoms with Gasteiger partial charge in [-0.25, -0.2) is 13.1 Å². The minimum Gasteiger partial charge on any atom is -0.398 e. The summed E-state index contributed by atoms with van der Waals surface area (Å²) in [6.07, 6.45) is 7.30. The summed E-state index contributed by atoms with van der Waals surface area (Å²) in [6, 6.07) is 1.49. The molecule has 1 atom stereocenters. The fraction of sp³-hybridized carbons (Fsp3) is 0.455. The quantitative estimate of drug-likeness (QED) is 0.823. The third-order valence-electron chi connectivity index (χ3n) is 2.80. The maximum absolute atomic E-state index is 11.9.